The van der Waals surface area contributed by atoms with Gasteiger partial charge < -0.3 is 0 Å². The maximum Gasteiger partial charge on any atom is 0.0483 e. The molecule has 0 saturated heterocycles. The van der Waals surface area contributed by atoms with Gasteiger partial charge in [0.25, 0.3) is 0 Å². The van der Waals surface area contributed by atoms with E-state index in [-0.39, 0.29) is 4.75 Å². The van der Waals surface area contributed by atoms with Crippen molar-refractivity contribution >= 4 is 28.2 Å². The highest BCUT2D eigenvalue weighted by molar-refractivity contribution is 8.23. The Kier molecular flexibility index (Phi) is 4.95. The standard InChI is InChI=1S/C11H22S2/c1-10(2,3)8-7-9(12)13-11(4,5)6/h7-8H2,1-6H3. The van der Waals surface area contributed by atoms with E-state index in [0.29, 0.717) is 5.41 Å². The molecule has 0 heterocycles. The minimum atomic E-state index is 0.273. The first-order valence-corrected chi connectivity index (χ1v) is 6.04. The van der Waals surface area contributed by atoms with Gasteiger partial charge in [-0.15, -0.1) is 11.8 Å². The minimum absolute atomic E-state index is 0.273. The first-order chi connectivity index (χ1) is 5.60. The highest BCUT2D eigenvalue weighted by Crippen LogP contribution is 2.29. The van der Waals surface area contributed by atoms with Crippen LogP contribution in [0.2, 0.25) is 0 Å². The third kappa shape index (κ3) is 10.4. The van der Waals surface area contributed by atoms with Crippen LogP contribution in [0.1, 0.15) is 54.4 Å². The maximum atomic E-state index is 5.33. The predicted molar refractivity (Wildman–Crippen MR) is 68.6 cm³/mol. The lowest BCUT2D eigenvalue weighted by Crippen LogP contribution is -2.13. The van der Waals surface area contributed by atoms with E-state index in [2.05, 4.69) is 41.5 Å². The molecule has 0 aliphatic heterocycles. The molecule has 13 heavy (non-hydrogen) atoms. The van der Waals surface area contributed by atoms with Gasteiger partial charge in [0.05, 0.1) is 0 Å². The fraction of sp³-hybridized carbons (Fsp3) is 0.909. The SMILES string of the molecule is CC(C)(C)CCC(=S)SC(C)(C)C. The zero-order valence-corrected chi connectivity index (χ0v) is 11.4. The molecule has 0 amide bonds. The van der Waals surface area contributed by atoms with Crippen molar-refractivity contribution in [2.24, 2.45) is 5.41 Å². The smallest absolute Gasteiger partial charge is 0.0483 e. The Morgan fingerprint density at radius 3 is 1.85 bits per heavy atom. The molecule has 0 N–H and O–H groups in total. The molecule has 0 atom stereocenters. The van der Waals surface area contributed by atoms with E-state index in [1.807, 2.05) is 11.8 Å². The number of hydrogen-bond donors (Lipinski definition) is 0. The fourth-order valence-electron chi connectivity index (χ4n) is 0.870. The van der Waals surface area contributed by atoms with E-state index in [1.54, 1.807) is 0 Å². The van der Waals surface area contributed by atoms with Gasteiger partial charge in [-0.2, -0.15) is 0 Å². The molecule has 2 heteroatoms. The molecule has 0 fully saturated rings. The van der Waals surface area contributed by atoms with Crippen molar-refractivity contribution in [2.75, 3.05) is 0 Å². The summed E-state index contributed by atoms with van der Waals surface area (Å²) in [5.74, 6) is 0. The summed E-state index contributed by atoms with van der Waals surface area (Å²) in [7, 11) is 0. The molecule has 0 spiro atoms. The highest BCUT2D eigenvalue weighted by Gasteiger charge is 2.16. The van der Waals surface area contributed by atoms with Gasteiger partial charge in [0, 0.05) is 8.94 Å². The lowest BCUT2D eigenvalue weighted by Gasteiger charge is -2.21. The van der Waals surface area contributed by atoms with Gasteiger partial charge in [-0.05, 0) is 18.3 Å². The predicted octanol–water partition coefficient (Wildman–Crippen LogP) is 4.67. The third-order valence-corrected chi connectivity index (χ3v) is 3.00. The molecule has 0 aliphatic carbocycles. The van der Waals surface area contributed by atoms with Gasteiger partial charge in [0.15, 0.2) is 0 Å². The number of thiocarbonyl (C=S) groups is 1. The van der Waals surface area contributed by atoms with E-state index >= 15 is 0 Å². The van der Waals surface area contributed by atoms with E-state index in [4.69, 9.17) is 12.2 Å². The Labute approximate surface area is 92.9 Å². The van der Waals surface area contributed by atoms with Crippen LogP contribution in [-0.4, -0.2) is 8.94 Å². The molecule has 0 aliphatic rings. The van der Waals surface area contributed by atoms with Crippen molar-refractivity contribution in [1.82, 2.24) is 0 Å². The van der Waals surface area contributed by atoms with Crippen molar-refractivity contribution in [3.05, 3.63) is 0 Å². The van der Waals surface area contributed by atoms with Crippen molar-refractivity contribution in [3.63, 3.8) is 0 Å². The minimum Gasteiger partial charge on any atom is -0.113 e. The zero-order valence-electron chi connectivity index (χ0n) is 9.73. The molecule has 0 unspecified atom stereocenters. The summed E-state index contributed by atoms with van der Waals surface area (Å²) >= 11 is 7.16. The van der Waals surface area contributed by atoms with Crippen molar-refractivity contribution in [2.45, 2.75) is 59.1 Å². The summed E-state index contributed by atoms with van der Waals surface area (Å²) in [6, 6.07) is 0. The molecule has 0 rings (SSSR count). The van der Waals surface area contributed by atoms with Crippen LogP contribution in [-0.2, 0) is 0 Å². The monoisotopic (exact) mass is 218 g/mol. The summed E-state index contributed by atoms with van der Waals surface area (Å²) in [6.07, 6.45) is 2.26. The number of thioether (sulfide) groups is 1. The largest absolute Gasteiger partial charge is 0.113 e. The van der Waals surface area contributed by atoms with Crippen molar-refractivity contribution < 1.29 is 0 Å². The molecule has 0 aromatic rings. The first-order valence-electron chi connectivity index (χ1n) is 4.82. The molecule has 0 aromatic heterocycles. The van der Waals surface area contributed by atoms with Crippen LogP contribution in [0, 0.1) is 5.41 Å². The summed E-state index contributed by atoms with van der Waals surface area (Å²) in [6.45, 7) is 13.4. The molecule has 0 saturated carbocycles. The Morgan fingerprint density at radius 2 is 1.54 bits per heavy atom. The van der Waals surface area contributed by atoms with Crippen LogP contribution in [0.25, 0.3) is 0 Å². The molecule has 0 nitrogen and oxygen atoms in total. The van der Waals surface area contributed by atoms with E-state index < -0.39 is 0 Å². The van der Waals surface area contributed by atoms with Gasteiger partial charge in [0.1, 0.15) is 0 Å². The maximum absolute atomic E-state index is 5.33. The lowest BCUT2D eigenvalue weighted by molar-refractivity contribution is 0.387. The van der Waals surface area contributed by atoms with Gasteiger partial charge in [0.2, 0.25) is 0 Å². The number of hydrogen-bond acceptors (Lipinski definition) is 2. The van der Waals surface area contributed by atoms with Crippen LogP contribution in [0.4, 0.5) is 0 Å². The van der Waals surface area contributed by atoms with Gasteiger partial charge in [-0.3, -0.25) is 0 Å². The summed E-state index contributed by atoms with van der Waals surface area (Å²) < 4.78 is 1.43. The Hall–Kier alpha value is 0.440. The Morgan fingerprint density at radius 1 is 1.08 bits per heavy atom. The lowest BCUT2D eigenvalue weighted by atomic mass is 9.91. The summed E-state index contributed by atoms with van der Waals surface area (Å²) in [5.41, 5.74) is 0.405. The quantitative estimate of drug-likeness (QED) is 0.618. The van der Waals surface area contributed by atoms with Gasteiger partial charge in [-0.25, -0.2) is 0 Å². The van der Waals surface area contributed by atoms with Gasteiger partial charge in [-0.1, -0.05) is 53.8 Å². The van der Waals surface area contributed by atoms with E-state index in [1.165, 1.54) is 6.42 Å². The van der Waals surface area contributed by atoms with Crippen LogP contribution in [0.3, 0.4) is 0 Å². The second kappa shape index (κ2) is 4.79. The van der Waals surface area contributed by atoms with Crippen LogP contribution < -0.4 is 0 Å². The van der Waals surface area contributed by atoms with E-state index in [9.17, 15) is 0 Å². The fourth-order valence-corrected chi connectivity index (χ4v) is 2.61. The topological polar surface area (TPSA) is 0 Å². The van der Waals surface area contributed by atoms with Gasteiger partial charge >= 0.3 is 0 Å². The molecule has 78 valence electrons. The van der Waals surface area contributed by atoms with Crippen molar-refractivity contribution in [1.29, 1.82) is 0 Å². The molecular formula is C11H22S2. The molecular weight excluding hydrogens is 196 g/mol. The Balaban J connectivity index is 3.78. The van der Waals surface area contributed by atoms with Crippen LogP contribution in [0.15, 0.2) is 0 Å². The second-order valence-corrected chi connectivity index (χ2v) is 8.32. The average Bonchev–Trinajstić information content (AvgIpc) is 1.78. The van der Waals surface area contributed by atoms with Crippen LogP contribution >= 0.6 is 24.0 Å². The second-order valence-electron chi connectivity index (χ2n) is 5.65. The molecule has 0 aromatic carbocycles. The molecule has 0 radical (unpaired) electrons. The van der Waals surface area contributed by atoms with Crippen LogP contribution in [0.5, 0.6) is 0 Å². The van der Waals surface area contributed by atoms with Crippen molar-refractivity contribution in [3.8, 4) is 0 Å². The number of rotatable bonds is 2. The summed E-state index contributed by atoms with van der Waals surface area (Å²) in [5, 5.41) is 0. The molecule has 0 bridgehead atoms. The Bertz CT molecular complexity index is 170. The third-order valence-electron chi connectivity index (χ3n) is 1.50. The van der Waals surface area contributed by atoms with E-state index in [0.717, 1.165) is 10.6 Å². The average molecular weight is 218 g/mol. The first kappa shape index (κ1) is 13.4. The zero-order chi connectivity index (χ0) is 10.7. The highest BCUT2D eigenvalue weighted by atomic mass is 32.2. The summed E-state index contributed by atoms with van der Waals surface area (Å²) in [4.78, 5) is 0. The normalized spacial score (nSPS) is 13.1.